The minimum Gasteiger partial charge on any atom is -0.314 e. The lowest BCUT2D eigenvalue weighted by atomic mass is 9.96. The molecule has 0 aliphatic heterocycles. The lowest BCUT2D eigenvalue weighted by Gasteiger charge is -2.20. The Morgan fingerprint density at radius 1 is 1.25 bits per heavy atom. The summed E-state index contributed by atoms with van der Waals surface area (Å²) in [6.45, 7) is 12.4. The zero-order chi connectivity index (χ0) is 15.1. The van der Waals surface area contributed by atoms with Gasteiger partial charge in [-0.25, -0.2) is 4.39 Å². The topological polar surface area (TPSA) is 12.0 Å². The summed E-state index contributed by atoms with van der Waals surface area (Å²) in [5, 5.41) is 3.78. The molecular formula is C17H25ClFN. The molecule has 1 N–H and O–H groups in total. The Morgan fingerprint density at radius 2 is 1.85 bits per heavy atom. The zero-order valence-electron chi connectivity index (χ0n) is 13.1. The number of hydrogen-bond donors (Lipinski definition) is 1. The van der Waals surface area contributed by atoms with Crippen LogP contribution >= 0.6 is 11.6 Å². The van der Waals surface area contributed by atoms with Crippen molar-refractivity contribution in [2.75, 3.05) is 6.54 Å². The van der Waals surface area contributed by atoms with E-state index in [-0.39, 0.29) is 10.8 Å². The molecule has 3 heteroatoms. The number of halogens is 2. The molecule has 1 atom stereocenters. The van der Waals surface area contributed by atoms with Gasteiger partial charge < -0.3 is 5.32 Å². The highest BCUT2D eigenvalue weighted by Gasteiger charge is 2.66. The summed E-state index contributed by atoms with van der Waals surface area (Å²) in [7, 11) is 0. The van der Waals surface area contributed by atoms with Crippen molar-refractivity contribution in [1.29, 1.82) is 0 Å². The molecular weight excluding hydrogens is 273 g/mol. The monoisotopic (exact) mass is 297 g/mol. The van der Waals surface area contributed by atoms with Crippen LogP contribution in [0, 0.1) is 22.6 Å². The molecule has 0 aromatic heterocycles. The van der Waals surface area contributed by atoms with Crippen LogP contribution in [0.3, 0.4) is 0 Å². The summed E-state index contributed by atoms with van der Waals surface area (Å²) in [5.74, 6) is 0.280. The fourth-order valence-electron chi connectivity index (χ4n) is 3.74. The van der Waals surface area contributed by atoms with Crippen LogP contribution in [0.5, 0.6) is 0 Å². The van der Waals surface area contributed by atoms with Gasteiger partial charge in [0.2, 0.25) is 0 Å². The molecule has 0 radical (unpaired) electrons. The SMILES string of the molecule is CCNC(Cc1ccc(Cl)c(F)c1)C1C(C)(C)C1(C)C. The van der Waals surface area contributed by atoms with E-state index in [0.717, 1.165) is 18.5 Å². The Balaban J connectivity index is 2.17. The number of hydrogen-bond acceptors (Lipinski definition) is 1. The highest BCUT2D eigenvalue weighted by molar-refractivity contribution is 6.30. The molecule has 1 aliphatic rings. The number of likely N-dealkylation sites (N-methyl/N-ethyl adjacent to an activating group) is 1. The first-order chi connectivity index (χ1) is 9.21. The summed E-state index contributed by atoms with van der Waals surface area (Å²) in [5.41, 5.74) is 1.66. The Bertz CT molecular complexity index is 482. The van der Waals surface area contributed by atoms with E-state index in [2.05, 4.69) is 39.9 Å². The molecule has 112 valence electrons. The first kappa shape index (κ1) is 15.8. The summed E-state index contributed by atoms with van der Waals surface area (Å²) >= 11 is 5.75. The zero-order valence-corrected chi connectivity index (χ0v) is 13.8. The van der Waals surface area contributed by atoms with Crippen LogP contribution in [0.4, 0.5) is 4.39 Å². The maximum absolute atomic E-state index is 13.6. The Kier molecular flexibility index (Phi) is 4.19. The van der Waals surface area contributed by atoms with Gasteiger partial charge >= 0.3 is 0 Å². The van der Waals surface area contributed by atoms with Crippen molar-refractivity contribution in [2.24, 2.45) is 16.7 Å². The molecule has 2 rings (SSSR count). The average molecular weight is 298 g/mol. The van der Waals surface area contributed by atoms with Crippen molar-refractivity contribution in [3.8, 4) is 0 Å². The highest BCUT2D eigenvalue weighted by atomic mass is 35.5. The summed E-state index contributed by atoms with van der Waals surface area (Å²) in [4.78, 5) is 0. The molecule has 1 saturated carbocycles. The van der Waals surface area contributed by atoms with E-state index in [4.69, 9.17) is 11.6 Å². The Hall–Kier alpha value is -0.600. The van der Waals surface area contributed by atoms with E-state index >= 15 is 0 Å². The lowest BCUT2D eigenvalue weighted by molar-refractivity contribution is 0.402. The third-order valence-electron chi connectivity index (χ3n) is 5.44. The second-order valence-electron chi connectivity index (χ2n) is 7.04. The van der Waals surface area contributed by atoms with Crippen molar-refractivity contribution in [3.63, 3.8) is 0 Å². The Morgan fingerprint density at radius 3 is 2.30 bits per heavy atom. The molecule has 0 spiro atoms. The smallest absolute Gasteiger partial charge is 0.142 e. The van der Waals surface area contributed by atoms with Crippen molar-refractivity contribution in [2.45, 2.75) is 47.1 Å². The largest absolute Gasteiger partial charge is 0.314 e. The normalized spacial score (nSPS) is 21.8. The predicted molar refractivity (Wildman–Crippen MR) is 83.6 cm³/mol. The molecule has 0 heterocycles. The van der Waals surface area contributed by atoms with Gasteiger partial charge in [0.25, 0.3) is 0 Å². The molecule has 1 unspecified atom stereocenters. The fourth-order valence-corrected chi connectivity index (χ4v) is 3.86. The van der Waals surface area contributed by atoms with Gasteiger partial charge in [-0.2, -0.15) is 0 Å². The van der Waals surface area contributed by atoms with Gasteiger partial charge in [0.05, 0.1) is 5.02 Å². The highest BCUT2D eigenvalue weighted by Crippen LogP contribution is 2.69. The van der Waals surface area contributed by atoms with Gasteiger partial charge in [-0.3, -0.25) is 0 Å². The molecule has 0 amide bonds. The van der Waals surface area contributed by atoms with Gasteiger partial charge in [-0.15, -0.1) is 0 Å². The lowest BCUT2D eigenvalue weighted by Crippen LogP contribution is -2.35. The maximum atomic E-state index is 13.6. The van der Waals surface area contributed by atoms with Crippen molar-refractivity contribution < 1.29 is 4.39 Å². The molecule has 1 aromatic rings. The van der Waals surface area contributed by atoms with E-state index in [0.29, 0.717) is 22.8 Å². The molecule has 1 aliphatic carbocycles. The summed E-state index contributed by atoms with van der Waals surface area (Å²) < 4.78 is 13.6. The van der Waals surface area contributed by atoms with Crippen LogP contribution in [0.1, 0.15) is 40.2 Å². The summed E-state index contributed by atoms with van der Waals surface area (Å²) in [6.07, 6.45) is 0.847. The minimum atomic E-state index is -0.325. The fraction of sp³-hybridized carbons (Fsp3) is 0.647. The third kappa shape index (κ3) is 2.60. The molecule has 0 bridgehead atoms. The number of benzene rings is 1. The van der Waals surface area contributed by atoms with Crippen LogP contribution in [0.25, 0.3) is 0 Å². The van der Waals surface area contributed by atoms with Crippen LogP contribution in [-0.4, -0.2) is 12.6 Å². The predicted octanol–water partition coefficient (Wildman–Crippen LogP) is 4.68. The van der Waals surface area contributed by atoms with E-state index in [1.807, 2.05) is 6.07 Å². The van der Waals surface area contributed by atoms with E-state index in [1.54, 1.807) is 12.1 Å². The molecule has 1 nitrogen and oxygen atoms in total. The van der Waals surface area contributed by atoms with E-state index in [1.165, 1.54) is 0 Å². The van der Waals surface area contributed by atoms with Gasteiger partial charge in [0, 0.05) is 6.04 Å². The standard InChI is InChI=1S/C17H25ClFN/c1-6-20-14(15-16(2,3)17(15,4)5)10-11-7-8-12(18)13(19)9-11/h7-9,14-15,20H,6,10H2,1-5H3. The van der Waals surface area contributed by atoms with Crippen molar-refractivity contribution in [1.82, 2.24) is 5.32 Å². The van der Waals surface area contributed by atoms with E-state index < -0.39 is 0 Å². The van der Waals surface area contributed by atoms with Gasteiger partial charge in [0.15, 0.2) is 0 Å². The summed E-state index contributed by atoms with van der Waals surface area (Å²) in [6, 6.07) is 5.52. The van der Waals surface area contributed by atoms with Crippen LogP contribution in [-0.2, 0) is 6.42 Å². The molecule has 0 saturated heterocycles. The molecule has 20 heavy (non-hydrogen) atoms. The third-order valence-corrected chi connectivity index (χ3v) is 5.75. The van der Waals surface area contributed by atoms with Crippen molar-refractivity contribution in [3.05, 3.63) is 34.6 Å². The first-order valence-corrected chi connectivity index (χ1v) is 7.77. The second kappa shape index (κ2) is 5.31. The quantitative estimate of drug-likeness (QED) is 0.832. The van der Waals surface area contributed by atoms with Crippen LogP contribution < -0.4 is 5.32 Å². The molecule has 1 fully saturated rings. The average Bonchev–Trinajstić information content (AvgIpc) is 2.74. The minimum absolute atomic E-state index is 0.195. The second-order valence-corrected chi connectivity index (χ2v) is 7.45. The van der Waals surface area contributed by atoms with Crippen LogP contribution in [0.15, 0.2) is 18.2 Å². The first-order valence-electron chi connectivity index (χ1n) is 7.39. The Labute approximate surface area is 126 Å². The van der Waals surface area contributed by atoms with E-state index in [9.17, 15) is 4.39 Å². The van der Waals surface area contributed by atoms with Gasteiger partial charge in [0.1, 0.15) is 5.82 Å². The number of nitrogens with one attached hydrogen (secondary N) is 1. The van der Waals surface area contributed by atoms with Crippen LogP contribution in [0.2, 0.25) is 5.02 Å². The van der Waals surface area contributed by atoms with Crippen molar-refractivity contribution >= 4 is 11.6 Å². The maximum Gasteiger partial charge on any atom is 0.142 e. The molecule has 1 aromatic carbocycles. The van der Waals surface area contributed by atoms with Gasteiger partial charge in [-0.1, -0.05) is 52.3 Å². The number of rotatable bonds is 5. The van der Waals surface area contributed by atoms with Gasteiger partial charge in [-0.05, 0) is 47.4 Å².